The van der Waals surface area contributed by atoms with Crippen LogP contribution in [-0.2, 0) is 14.3 Å². The van der Waals surface area contributed by atoms with Gasteiger partial charge in [0.2, 0.25) is 0 Å². The average molecular weight is 320 g/mol. The van der Waals surface area contributed by atoms with Crippen LogP contribution in [-0.4, -0.2) is 69.6 Å². The Balaban J connectivity index is 0.000000626. The van der Waals surface area contributed by atoms with Gasteiger partial charge in [-0.05, 0) is 33.7 Å². The monoisotopic (exact) mass is 320 g/mol. The van der Waals surface area contributed by atoms with Crippen molar-refractivity contribution in [2.45, 2.75) is 38.9 Å². The molecule has 5 N–H and O–H groups in total. The molecule has 1 fully saturated rings. The number of aliphatic hydroxyl groups excluding tert-OH is 1. The molecule has 1 amide bonds. The fourth-order valence-electron chi connectivity index (χ4n) is 1.75. The van der Waals surface area contributed by atoms with Crippen LogP contribution < -0.4 is 5.73 Å². The van der Waals surface area contributed by atoms with Gasteiger partial charge in [0.25, 0.3) is 0 Å². The van der Waals surface area contributed by atoms with E-state index in [2.05, 4.69) is 0 Å². The number of nitrogens with two attached hydrogens (primary N) is 1. The molecular formula is C13H24N2O7. The summed E-state index contributed by atoms with van der Waals surface area (Å²) in [5, 5.41) is 24.5. The number of hydrogen-bond acceptors (Lipinski definition) is 6. The molecule has 0 spiro atoms. The molecule has 0 aromatic carbocycles. The lowest BCUT2D eigenvalue weighted by atomic mass is 9.94. The highest BCUT2D eigenvalue weighted by Gasteiger charge is 2.31. The first-order chi connectivity index (χ1) is 9.97. The Morgan fingerprint density at radius 1 is 1.23 bits per heavy atom. The Bertz CT molecular complexity index is 394. The third kappa shape index (κ3) is 7.79. The maximum atomic E-state index is 11.7. The molecule has 0 unspecified atom stereocenters. The Kier molecular flexibility index (Phi) is 7.82. The molecule has 1 aliphatic rings. The van der Waals surface area contributed by atoms with Crippen molar-refractivity contribution in [2.24, 2.45) is 11.7 Å². The number of aliphatic hydroxyl groups is 1. The number of amides is 1. The second kappa shape index (κ2) is 8.54. The molecule has 0 radical (unpaired) electrons. The molecule has 0 aromatic heterocycles. The number of rotatable bonds is 1. The second-order valence-corrected chi connectivity index (χ2v) is 5.89. The third-order valence-electron chi connectivity index (χ3n) is 2.86. The summed E-state index contributed by atoms with van der Waals surface area (Å²) in [4.78, 5) is 31.5. The second-order valence-electron chi connectivity index (χ2n) is 5.89. The minimum atomic E-state index is -1.82. The molecule has 0 aromatic rings. The molecule has 1 aliphatic heterocycles. The summed E-state index contributed by atoms with van der Waals surface area (Å²) in [6, 6.07) is 0. The smallest absolute Gasteiger partial charge is 0.414 e. The maximum Gasteiger partial charge on any atom is 0.414 e. The number of β-amino-alcohol motifs (C(OH)–C–C–N with tert-alkyl or cyclic N) is 1. The van der Waals surface area contributed by atoms with E-state index >= 15 is 0 Å². The Labute approximate surface area is 128 Å². The van der Waals surface area contributed by atoms with Crippen molar-refractivity contribution in [1.29, 1.82) is 0 Å². The fourth-order valence-corrected chi connectivity index (χ4v) is 1.75. The van der Waals surface area contributed by atoms with Gasteiger partial charge < -0.3 is 30.7 Å². The third-order valence-corrected chi connectivity index (χ3v) is 2.86. The molecule has 0 aliphatic carbocycles. The van der Waals surface area contributed by atoms with Crippen molar-refractivity contribution in [3.63, 3.8) is 0 Å². The van der Waals surface area contributed by atoms with Crippen LogP contribution in [0.5, 0.6) is 0 Å². The number of carbonyl (C=O) groups excluding carboxylic acids is 1. The van der Waals surface area contributed by atoms with Gasteiger partial charge in [-0.2, -0.15) is 0 Å². The minimum absolute atomic E-state index is 0.0960. The summed E-state index contributed by atoms with van der Waals surface area (Å²) in [7, 11) is 0. The standard InChI is InChI=1S/C11H22N2O3.C2H2O4/c1-11(2,3)16-10(15)13-5-4-8(6-12)9(14)7-13;3-1(4)2(5)6/h8-9,14H,4-7,12H2,1-3H3;(H,3,4)(H,5,6)/t8-,9-;/m0./s1. The van der Waals surface area contributed by atoms with E-state index in [1.165, 1.54) is 0 Å². The fraction of sp³-hybridized carbons (Fsp3) is 0.769. The van der Waals surface area contributed by atoms with Gasteiger partial charge in [0.15, 0.2) is 0 Å². The van der Waals surface area contributed by atoms with Crippen molar-refractivity contribution < 1.29 is 34.4 Å². The molecule has 0 saturated carbocycles. The highest BCUT2D eigenvalue weighted by atomic mass is 16.6. The molecule has 2 atom stereocenters. The molecule has 9 heteroatoms. The number of carbonyl (C=O) groups is 3. The van der Waals surface area contributed by atoms with E-state index < -0.39 is 23.6 Å². The summed E-state index contributed by atoms with van der Waals surface area (Å²) < 4.78 is 5.24. The first-order valence-electron chi connectivity index (χ1n) is 6.80. The number of piperidine rings is 1. The van der Waals surface area contributed by atoms with Crippen LogP contribution in [0.3, 0.4) is 0 Å². The van der Waals surface area contributed by atoms with Crippen molar-refractivity contribution >= 4 is 18.0 Å². The average Bonchev–Trinajstić information content (AvgIpc) is 2.37. The minimum Gasteiger partial charge on any atom is -0.473 e. The predicted octanol–water partition coefficient (Wildman–Crippen LogP) is -0.281. The SMILES string of the molecule is CC(C)(C)OC(=O)N1CC[C@@H](CN)[C@@H](O)C1.O=C(O)C(=O)O. The number of ether oxygens (including phenoxy) is 1. The van der Waals surface area contributed by atoms with Gasteiger partial charge in [-0.1, -0.05) is 0 Å². The zero-order chi connectivity index (χ0) is 17.5. The van der Waals surface area contributed by atoms with E-state index in [0.717, 1.165) is 6.42 Å². The van der Waals surface area contributed by atoms with E-state index in [1.54, 1.807) is 4.90 Å². The van der Waals surface area contributed by atoms with Gasteiger partial charge >= 0.3 is 18.0 Å². The summed E-state index contributed by atoms with van der Waals surface area (Å²) >= 11 is 0. The summed E-state index contributed by atoms with van der Waals surface area (Å²) in [6.07, 6.45) is -0.162. The maximum absolute atomic E-state index is 11.7. The summed E-state index contributed by atoms with van der Waals surface area (Å²) in [6.45, 7) is 6.86. The topological polar surface area (TPSA) is 150 Å². The van der Waals surface area contributed by atoms with E-state index in [-0.39, 0.29) is 12.0 Å². The molecule has 22 heavy (non-hydrogen) atoms. The normalized spacial score (nSPS) is 21.4. The van der Waals surface area contributed by atoms with Crippen LogP contribution in [0.25, 0.3) is 0 Å². The first kappa shape index (κ1) is 20.1. The number of nitrogens with zero attached hydrogens (tertiary/aromatic N) is 1. The van der Waals surface area contributed by atoms with Crippen LogP contribution in [0.1, 0.15) is 27.2 Å². The number of aliphatic carboxylic acids is 2. The van der Waals surface area contributed by atoms with Gasteiger partial charge in [-0.25, -0.2) is 14.4 Å². The highest BCUT2D eigenvalue weighted by molar-refractivity contribution is 6.27. The molecule has 1 rings (SSSR count). The predicted molar refractivity (Wildman–Crippen MR) is 76.2 cm³/mol. The molecule has 9 nitrogen and oxygen atoms in total. The lowest BCUT2D eigenvalue weighted by Gasteiger charge is -2.36. The van der Waals surface area contributed by atoms with Crippen molar-refractivity contribution in [3.8, 4) is 0 Å². The van der Waals surface area contributed by atoms with Gasteiger partial charge in [-0.15, -0.1) is 0 Å². The Morgan fingerprint density at radius 3 is 2.05 bits per heavy atom. The largest absolute Gasteiger partial charge is 0.473 e. The lowest BCUT2D eigenvalue weighted by molar-refractivity contribution is -0.159. The van der Waals surface area contributed by atoms with Crippen LogP contribution >= 0.6 is 0 Å². The first-order valence-corrected chi connectivity index (χ1v) is 6.80. The van der Waals surface area contributed by atoms with Gasteiger partial charge in [0, 0.05) is 12.5 Å². The zero-order valence-electron chi connectivity index (χ0n) is 13.0. The van der Waals surface area contributed by atoms with Crippen LogP contribution in [0, 0.1) is 5.92 Å². The van der Waals surface area contributed by atoms with Crippen LogP contribution in [0.2, 0.25) is 0 Å². The van der Waals surface area contributed by atoms with E-state index in [1.807, 2.05) is 20.8 Å². The Hall–Kier alpha value is -1.87. The number of carboxylic acid groups (broad SMARTS) is 2. The lowest BCUT2D eigenvalue weighted by Crippen LogP contribution is -2.49. The number of carboxylic acids is 2. The molecule has 128 valence electrons. The quantitative estimate of drug-likeness (QED) is 0.482. The summed E-state index contributed by atoms with van der Waals surface area (Å²) in [5.41, 5.74) is 5.03. The van der Waals surface area contributed by atoms with Gasteiger partial charge in [-0.3, -0.25) is 0 Å². The van der Waals surface area contributed by atoms with E-state index in [9.17, 15) is 9.90 Å². The van der Waals surface area contributed by atoms with Crippen molar-refractivity contribution in [2.75, 3.05) is 19.6 Å². The zero-order valence-corrected chi connectivity index (χ0v) is 13.0. The van der Waals surface area contributed by atoms with Gasteiger partial charge in [0.05, 0.1) is 12.6 Å². The van der Waals surface area contributed by atoms with Gasteiger partial charge in [0.1, 0.15) is 5.60 Å². The van der Waals surface area contributed by atoms with E-state index in [4.69, 9.17) is 30.3 Å². The van der Waals surface area contributed by atoms with Crippen molar-refractivity contribution in [1.82, 2.24) is 4.90 Å². The van der Waals surface area contributed by atoms with Crippen LogP contribution in [0.15, 0.2) is 0 Å². The molecular weight excluding hydrogens is 296 g/mol. The molecule has 1 heterocycles. The van der Waals surface area contributed by atoms with Crippen molar-refractivity contribution in [3.05, 3.63) is 0 Å². The van der Waals surface area contributed by atoms with E-state index in [0.29, 0.717) is 19.6 Å². The molecule has 0 bridgehead atoms. The molecule has 1 saturated heterocycles. The number of likely N-dealkylation sites (tertiary alicyclic amines) is 1. The summed E-state index contributed by atoms with van der Waals surface area (Å²) in [5.74, 6) is -3.55. The van der Waals surface area contributed by atoms with Crippen LogP contribution in [0.4, 0.5) is 4.79 Å². The Morgan fingerprint density at radius 2 is 1.73 bits per heavy atom. The highest BCUT2D eigenvalue weighted by Crippen LogP contribution is 2.19. The number of hydrogen-bond donors (Lipinski definition) is 4.